The third-order valence-electron chi connectivity index (χ3n) is 14.0. The van der Waals surface area contributed by atoms with E-state index in [1.807, 2.05) is 0 Å². The molecule has 0 saturated carbocycles. The van der Waals surface area contributed by atoms with Gasteiger partial charge in [0.2, 0.25) is 0 Å². The molecule has 0 fully saturated rings. The molecule has 0 N–H and O–H groups in total. The van der Waals surface area contributed by atoms with Gasteiger partial charge in [-0.25, -0.2) is 0 Å². The highest BCUT2D eigenvalue weighted by molar-refractivity contribution is 6.09. The average Bonchev–Trinajstić information content (AvgIpc) is 3.67. The molecule has 1 unspecified atom stereocenters. The third kappa shape index (κ3) is 4.52. The number of aromatic nitrogens is 1. The van der Waals surface area contributed by atoms with Gasteiger partial charge in [-0.1, -0.05) is 149 Å². The van der Waals surface area contributed by atoms with E-state index in [2.05, 4.69) is 202 Å². The van der Waals surface area contributed by atoms with Crippen molar-refractivity contribution in [1.29, 1.82) is 0 Å². The number of rotatable bonds is 3. The first-order valence-electron chi connectivity index (χ1n) is 20.5. The molecule has 0 saturated heterocycles. The molecule has 0 aliphatic heterocycles. The molecule has 9 aromatic rings. The lowest BCUT2D eigenvalue weighted by molar-refractivity contribution is 0.631. The van der Waals surface area contributed by atoms with Gasteiger partial charge in [0.1, 0.15) is 0 Å². The lowest BCUT2D eigenvalue weighted by Gasteiger charge is -2.31. The molecule has 1 heterocycles. The van der Waals surface area contributed by atoms with E-state index in [1.54, 1.807) is 0 Å². The summed E-state index contributed by atoms with van der Waals surface area (Å²) >= 11 is 0. The van der Waals surface area contributed by atoms with E-state index >= 15 is 0 Å². The Morgan fingerprint density at radius 3 is 1.70 bits per heavy atom. The summed E-state index contributed by atoms with van der Waals surface area (Å²) in [5, 5.41) is 2.59. The minimum Gasteiger partial charge on any atom is -0.309 e. The second-order valence-electron chi connectivity index (χ2n) is 17.7. The Kier molecular flexibility index (Phi) is 6.64. The Labute approximate surface area is 334 Å². The molecular weight excluding hydrogens is 687 g/mol. The second-order valence-corrected chi connectivity index (χ2v) is 17.7. The Bertz CT molecular complexity index is 3080. The van der Waals surface area contributed by atoms with E-state index in [0.717, 1.165) is 6.42 Å². The van der Waals surface area contributed by atoms with Gasteiger partial charge in [0, 0.05) is 33.2 Å². The fraction of sp³-hybridized carbons (Fsp3) is 0.143. The summed E-state index contributed by atoms with van der Waals surface area (Å²) in [5.74, 6) is 0.272. The van der Waals surface area contributed by atoms with Crippen molar-refractivity contribution in [1.82, 2.24) is 4.57 Å². The second kappa shape index (κ2) is 11.6. The summed E-state index contributed by atoms with van der Waals surface area (Å²) in [6.45, 7) is 9.86. The molecule has 0 spiro atoms. The van der Waals surface area contributed by atoms with Crippen molar-refractivity contribution in [3.8, 4) is 50.2 Å². The van der Waals surface area contributed by atoms with E-state index in [9.17, 15) is 0 Å². The molecule has 12 rings (SSSR count). The molecule has 3 aliphatic carbocycles. The molecule has 272 valence electrons. The normalized spacial score (nSPS) is 16.5. The first-order valence-corrected chi connectivity index (χ1v) is 20.5. The summed E-state index contributed by atoms with van der Waals surface area (Å²) in [5.41, 5.74) is 24.1. The Balaban J connectivity index is 1.09. The fourth-order valence-electron chi connectivity index (χ4n) is 11.1. The zero-order valence-electron chi connectivity index (χ0n) is 32.9. The number of fused-ring (bicyclic) bond motifs is 12. The fourth-order valence-corrected chi connectivity index (χ4v) is 11.1. The van der Waals surface area contributed by atoms with Gasteiger partial charge < -0.3 is 4.57 Å². The number of benzene rings is 8. The van der Waals surface area contributed by atoms with Gasteiger partial charge in [-0.3, -0.25) is 0 Å². The van der Waals surface area contributed by atoms with Crippen LogP contribution in [0, 0.1) is 0 Å². The Morgan fingerprint density at radius 2 is 1.00 bits per heavy atom. The maximum absolute atomic E-state index is 2.64. The van der Waals surface area contributed by atoms with E-state index in [4.69, 9.17) is 0 Å². The lowest BCUT2D eigenvalue weighted by Crippen LogP contribution is -2.22. The topological polar surface area (TPSA) is 4.93 Å². The zero-order valence-corrected chi connectivity index (χ0v) is 32.9. The van der Waals surface area contributed by atoms with Gasteiger partial charge >= 0.3 is 0 Å². The molecule has 1 nitrogen and oxygen atoms in total. The highest BCUT2D eigenvalue weighted by Gasteiger charge is 2.44. The molecule has 2 bridgehead atoms. The third-order valence-corrected chi connectivity index (χ3v) is 14.0. The van der Waals surface area contributed by atoms with Crippen molar-refractivity contribution in [3.63, 3.8) is 0 Å². The van der Waals surface area contributed by atoms with Crippen LogP contribution in [-0.2, 0) is 17.3 Å². The number of para-hydroxylation sites is 2. The molecule has 0 amide bonds. The molecule has 3 aliphatic rings. The highest BCUT2D eigenvalue weighted by Crippen LogP contribution is 2.58. The van der Waals surface area contributed by atoms with Crippen LogP contribution in [0.1, 0.15) is 72.6 Å². The Morgan fingerprint density at radius 1 is 0.404 bits per heavy atom. The smallest absolute Gasteiger partial charge is 0.0541 e. The van der Waals surface area contributed by atoms with Crippen LogP contribution in [0.3, 0.4) is 0 Å². The monoisotopic (exact) mass is 729 g/mol. The van der Waals surface area contributed by atoms with Gasteiger partial charge in [0.05, 0.1) is 11.0 Å². The molecule has 1 heteroatoms. The molecule has 1 atom stereocenters. The van der Waals surface area contributed by atoms with Crippen molar-refractivity contribution < 1.29 is 0 Å². The quantitative estimate of drug-likeness (QED) is 0.171. The summed E-state index contributed by atoms with van der Waals surface area (Å²) < 4.78 is 2.46. The zero-order chi connectivity index (χ0) is 38.2. The van der Waals surface area contributed by atoms with Gasteiger partial charge in [0.15, 0.2) is 0 Å². The molecule has 1 aromatic heterocycles. The predicted octanol–water partition coefficient (Wildman–Crippen LogP) is 14.4. The van der Waals surface area contributed by atoms with E-state index in [-0.39, 0.29) is 16.7 Å². The summed E-state index contributed by atoms with van der Waals surface area (Å²) in [6, 6.07) is 64.3. The number of hydrogen-bond acceptors (Lipinski definition) is 0. The van der Waals surface area contributed by atoms with Crippen LogP contribution in [0.15, 0.2) is 170 Å². The van der Waals surface area contributed by atoms with Crippen LogP contribution in [-0.4, -0.2) is 4.57 Å². The lowest BCUT2D eigenvalue weighted by atomic mass is 9.72. The summed E-state index contributed by atoms with van der Waals surface area (Å²) in [7, 11) is 0. The summed E-state index contributed by atoms with van der Waals surface area (Å²) in [4.78, 5) is 0. The minimum atomic E-state index is -0.214. The molecule has 8 aromatic carbocycles. The van der Waals surface area contributed by atoms with Gasteiger partial charge in [-0.2, -0.15) is 0 Å². The van der Waals surface area contributed by atoms with Crippen molar-refractivity contribution in [2.45, 2.75) is 50.9 Å². The van der Waals surface area contributed by atoms with E-state index in [1.165, 1.54) is 111 Å². The van der Waals surface area contributed by atoms with E-state index < -0.39 is 0 Å². The van der Waals surface area contributed by atoms with Crippen molar-refractivity contribution in [2.24, 2.45) is 0 Å². The highest BCUT2D eigenvalue weighted by atomic mass is 15.0. The first kappa shape index (κ1) is 32.8. The van der Waals surface area contributed by atoms with Gasteiger partial charge in [0.25, 0.3) is 0 Å². The maximum Gasteiger partial charge on any atom is 0.0541 e. The van der Waals surface area contributed by atoms with Crippen molar-refractivity contribution in [2.75, 3.05) is 0 Å². The van der Waals surface area contributed by atoms with Crippen LogP contribution < -0.4 is 0 Å². The SMILES string of the molecule is CC1(C)c2cc(-n3c4ccccc4c4ccccc43)ccc2-c2cc3c(cc21)C1Cc2c(cc(-c4ccccc4)cc2C3(C)C)-c2cc(-c3ccccc3)ccc21. The van der Waals surface area contributed by atoms with Crippen LogP contribution in [0.25, 0.3) is 72.0 Å². The van der Waals surface area contributed by atoms with Crippen LogP contribution in [0.2, 0.25) is 0 Å². The first-order chi connectivity index (χ1) is 27.8. The average molecular weight is 730 g/mol. The minimum absolute atomic E-state index is 0.169. The number of nitrogens with zero attached hydrogens (tertiary/aromatic N) is 1. The van der Waals surface area contributed by atoms with Crippen LogP contribution in [0.4, 0.5) is 0 Å². The van der Waals surface area contributed by atoms with Crippen LogP contribution >= 0.6 is 0 Å². The molecular formula is C56H43N. The standard InChI is InChI=1S/C56H43N/c1-55(2)49-29-37(35-17-9-6-10-18-35)28-44-43-27-36(34-15-7-5-8-16-34)23-25-39(43)45(31-46(44)49)48-33-51-47(32-52(48)55)40-26-24-38(30-50(40)56(51,3)4)57-53-21-13-11-19-41(53)42-20-12-14-22-54(42)57/h5-30,32-33,45H,31H2,1-4H3. The van der Waals surface area contributed by atoms with Crippen molar-refractivity contribution in [3.05, 3.63) is 209 Å². The van der Waals surface area contributed by atoms with E-state index in [0.29, 0.717) is 0 Å². The predicted molar refractivity (Wildman–Crippen MR) is 239 cm³/mol. The molecule has 57 heavy (non-hydrogen) atoms. The Hall–Kier alpha value is -6.44. The van der Waals surface area contributed by atoms with Crippen LogP contribution in [0.5, 0.6) is 0 Å². The number of hydrogen-bond donors (Lipinski definition) is 0. The summed E-state index contributed by atoms with van der Waals surface area (Å²) in [6.07, 6.45) is 1.01. The van der Waals surface area contributed by atoms with Gasteiger partial charge in [-0.05, 0) is 138 Å². The molecule has 0 radical (unpaired) electrons. The largest absolute Gasteiger partial charge is 0.309 e. The van der Waals surface area contributed by atoms with Crippen molar-refractivity contribution >= 4 is 21.8 Å². The van der Waals surface area contributed by atoms with Gasteiger partial charge in [-0.15, -0.1) is 0 Å². The maximum atomic E-state index is 2.64.